The zero-order valence-corrected chi connectivity index (χ0v) is 24.3. The van der Waals surface area contributed by atoms with Gasteiger partial charge >= 0.3 is 5.43 Å². The van der Waals surface area contributed by atoms with Gasteiger partial charge in [-0.25, -0.2) is 4.79 Å². The highest BCUT2D eigenvalue weighted by Crippen LogP contribution is 2.67. The molecule has 4 aliphatic carbocycles. The minimum atomic E-state index is -0.643. The van der Waals surface area contributed by atoms with Crippen LogP contribution in [-0.4, -0.2) is 16.9 Å². The van der Waals surface area contributed by atoms with Gasteiger partial charge in [0.25, 0.3) is 0 Å². The van der Waals surface area contributed by atoms with Crippen molar-refractivity contribution in [1.29, 1.82) is 0 Å². The Morgan fingerprint density at radius 2 is 1.76 bits per heavy atom. The second-order valence-corrected chi connectivity index (χ2v) is 13.7. The van der Waals surface area contributed by atoms with Crippen LogP contribution in [0.3, 0.4) is 0 Å². The predicted molar refractivity (Wildman–Crippen MR) is 146 cm³/mol. The van der Waals surface area contributed by atoms with E-state index in [1.165, 1.54) is 51.4 Å². The molecule has 4 rings (SSSR count). The third-order valence-corrected chi connectivity index (χ3v) is 10.6. The number of allylic oxidation sites excluding steroid dienone is 1. The van der Waals surface area contributed by atoms with Gasteiger partial charge in [0, 0.05) is 18.0 Å². The van der Waals surface area contributed by atoms with Crippen LogP contribution in [-0.2, 0) is 4.74 Å². The van der Waals surface area contributed by atoms with E-state index in [9.17, 15) is 4.79 Å². The van der Waals surface area contributed by atoms with Crippen molar-refractivity contribution in [3.05, 3.63) is 11.6 Å². The Labute approximate surface area is 223 Å². The molecule has 3 saturated carbocycles. The van der Waals surface area contributed by atoms with Crippen LogP contribution >= 0.6 is 34.8 Å². The Balaban J connectivity index is 0.00000103. The lowest BCUT2D eigenvalue weighted by Crippen LogP contribution is -2.51. The van der Waals surface area contributed by atoms with Gasteiger partial charge in [-0.1, -0.05) is 65.5 Å². The molecule has 34 heavy (non-hydrogen) atoms. The van der Waals surface area contributed by atoms with Crippen molar-refractivity contribution in [3.63, 3.8) is 0 Å². The van der Waals surface area contributed by atoms with Crippen molar-refractivity contribution < 1.29 is 9.53 Å². The maximum atomic E-state index is 11.2. The maximum absolute atomic E-state index is 11.2. The van der Waals surface area contributed by atoms with Crippen LogP contribution in [0.1, 0.15) is 105 Å². The van der Waals surface area contributed by atoms with Crippen LogP contribution in [0.2, 0.25) is 0 Å². The summed E-state index contributed by atoms with van der Waals surface area (Å²) in [4.78, 5) is 11.2. The number of fused-ring (bicyclic) bond motifs is 5. The summed E-state index contributed by atoms with van der Waals surface area (Å²) in [6.45, 7) is 12.5. The van der Waals surface area contributed by atoms with Crippen LogP contribution in [0.15, 0.2) is 11.6 Å². The summed E-state index contributed by atoms with van der Waals surface area (Å²) < 4.78 is 5.38. The molecule has 5 heteroatoms. The van der Waals surface area contributed by atoms with Gasteiger partial charge in [0.2, 0.25) is 0 Å². The quantitative estimate of drug-likeness (QED) is 0.193. The third kappa shape index (κ3) is 5.96. The van der Waals surface area contributed by atoms with Crippen LogP contribution in [0.25, 0.3) is 0 Å². The first-order valence-electron chi connectivity index (χ1n) is 13.7. The number of carbonyl (C=O) groups is 1. The summed E-state index contributed by atoms with van der Waals surface area (Å²) in [6.07, 6.45) is 16.7. The van der Waals surface area contributed by atoms with Crippen LogP contribution < -0.4 is 0 Å². The van der Waals surface area contributed by atoms with Crippen LogP contribution in [0.5, 0.6) is 0 Å². The molecule has 196 valence electrons. The van der Waals surface area contributed by atoms with E-state index in [0.29, 0.717) is 10.8 Å². The molecule has 0 aromatic heterocycles. The minimum absolute atomic E-state index is 0.0164. The fourth-order valence-electron chi connectivity index (χ4n) is 8.88. The second kappa shape index (κ2) is 12.1. The summed E-state index contributed by atoms with van der Waals surface area (Å²) in [5.41, 5.74) is 1.77. The van der Waals surface area contributed by atoms with E-state index in [1.807, 2.05) is 0 Å². The fourth-order valence-corrected chi connectivity index (χ4v) is 9.01. The molecule has 3 fully saturated rings. The lowest BCUT2D eigenvalue weighted by atomic mass is 9.47. The summed E-state index contributed by atoms with van der Waals surface area (Å²) >= 11 is 15.0. The van der Waals surface area contributed by atoms with Gasteiger partial charge in [0.05, 0.1) is 5.34 Å². The Hall–Kier alpha value is 0.0800. The van der Waals surface area contributed by atoms with Gasteiger partial charge < -0.3 is 4.74 Å². The molecule has 0 radical (unpaired) electrons. The molecule has 1 unspecified atom stereocenters. The second-order valence-electron chi connectivity index (χ2n) is 12.6. The number of halogens is 3. The summed E-state index contributed by atoms with van der Waals surface area (Å²) in [6, 6.07) is 0. The van der Waals surface area contributed by atoms with E-state index in [4.69, 9.17) is 39.5 Å². The Kier molecular flexibility index (Phi) is 10.2. The number of hydrogen-bond donors (Lipinski definition) is 0. The topological polar surface area (TPSA) is 26.3 Å². The van der Waals surface area contributed by atoms with Gasteiger partial charge in [-0.3, -0.25) is 0 Å². The van der Waals surface area contributed by atoms with Crippen LogP contribution in [0.4, 0.5) is 4.79 Å². The third-order valence-electron chi connectivity index (χ3n) is 10.5. The molecule has 0 spiro atoms. The van der Waals surface area contributed by atoms with E-state index >= 15 is 0 Å². The van der Waals surface area contributed by atoms with E-state index in [-0.39, 0.29) is 11.4 Å². The van der Waals surface area contributed by atoms with E-state index in [0.717, 1.165) is 54.8 Å². The first kappa shape index (κ1) is 28.6. The lowest BCUT2D eigenvalue weighted by Gasteiger charge is -2.58. The number of hydrogen-bond acceptors (Lipinski definition) is 2. The first-order chi connectivity index (χ1) is 16.1. The Morgan fingerprint density at radius 3 is 2.41 bits per heavy atom. The zero-order chi connectivity index (χ0) is 25.1. The monoisotopic (exact) mass is 532 g/mol. The average Bonchev–Trinajstić information content (AvgIpc) is 3.11. The molecular formula is C29H47Cl3O2. The van der Waals surface area contributed by atoms with Crippen LogP contribution in [0, 0.1) is 46.3 Å². The first-order valence-corrected chi connectivity index (χ1v) is 15.2. The molecule has 8 atom stereocenters. The Bertz CT molecular complexity index is 722. The van der Waals surface area contributed by atoms with Gasteiger partial charge in [0.1, 0.15) is 6.10 Å². The largest absolute Gasteiger partial charge is 0.450 e. The van der Waals surface area contributed by atoms with Crippen molar-refractivity contribution in [2.45, 2.75) is 111 Å². The van der Waals surface area contributed by atoms with Crippen molar-refractivity contribution in [2.75, 3.05) is 5.34 Å². The zero-order valence-electron chi connectivity index (χ0n) is 22.1. The molecule has 0 aromatic rings. The minimum Gasteiger partial charge on any atom is -0.450 e. The highest BCUT2D eigenvalue weighted by atomic mass is 35.5. The molecule has 0 saturated heterocycles. The summed E-state index contributed by atoms with van der Waals surface area (Å²) in [5, 5.41) is 0.194. The van der Waals surface area contributed by atoms with E-state index in [2.05, 4.69) is 40.7 Å². The normalized spacial score (nSPS) is 39.7. The standard InChI is InChI=1S/C28H45ClO2.CH2Cl2/c1-18(2)7-6-8-19(3)23-11-12-24-22-10-9-20-17-21(31-26(29)30)13-15-27(20,4)25(22)14-16-28(23,24)5;2-1-3/h9,18-19,21-25H,6-8,10-17H2,1-5H3;1H2/t19?,21-,22-,23+,24-,25-,27-,28+;/m0./s1. The Morgan fingerprint density at radius 1 is 1.06 bits per heavy atom. The van der Waals surface area contributed by atoms with Gasteiger partial charge in [0.15, 0.2) is 0 Å². The number of alkyl halides is 2. The molecule has 2 nitrogen and oxygen atoms in total. The van der Waals surface area contributed by atoms with E-state index < -0.39 is 5.43 Å². The summed E-state index contributed by atoms with van der Waals surface area (Å²) in [7, 11) is 0. The maximum Gasteiger partial charge on any atom is 0.404 e. The highest BCUT2D eigenvalue weighted by Gasteiger charge is 2.59. The van der Waals surface area contributed by atoms with Gasteiger partial charge in [-0.2, -0.15) is 0 Å². The number of ether oxygens (including phenoxy) is 1. The molecule has 0 N–H and O–H groups in total. The van der Waals surface area contributed by atoms with Gasteiger partial charge in [-0.15, -0.1) is 23.2 Å². The SMILES string of the molecule is CC(C)CCCC(C)[C@H]1CC[C@H]2[C@@H]3CC=C4C[C@@H](OC(=O)Cl)CC[C@]4(C)[C@H]3CC[C@]12C.ClCCl. The number of carbonyl (C=O) groups excluding carboxylic acids is 1. The average molecular weight is 534 g/mol. The fraction of sp³-hybridized carbons (Fsp3) is 0.897. The predicted octanol–water partition coefficient (Wildman–Crippen LogP) is 10.2. The smallest absolute Gasteiger partial charge is 0.404 e. The molecule has 0 aromatic carbocycles. The highest BCUT2D eigenvalue weighted by molar-refractivity contribution is 6.61. The van der Waals surface area contributed by atoms with Crippen molar-refractivity contribution in [3.8, 4) is 0 Å². The molecular weight excluding hydrogens is 487 g/mol. The lowest BCUT2D eigenvalue weighted by molar-refractivity contribution is -0.0573. The van der Waals surface area contributed by atoms with Crippen molar-refractivity contribution in [1.82, 2.24) is 0 Å². The molecule has 0 aliphatic heterocycles. The van der Waals surface area contributed by atoms with E-state index in [1.54, 1.807) is 5.57 Å². The van der Waals surface area contributed by atoms with Gasteiger partial charge in [-0.05, 0) is 91.3 Å². The van der Waals surface area contributed by atoms with Crippen molar-refractivity contribution in [2.24, 2.45) is 46.3 Å². The number of rotatable bonds is 6. The molecule has 4 aliphatic rings. The summed E-state index contributed by atoms with van der Waals surface area (Å²) in [5.74, 6) is 5.19. The molecule has 0 bridgehead atoms. The van der Waals surface area contributed by atoms with Crippen molar-refractivity contribution >= 4 is 40.2 Å². The molecule has 0 amide bonds. The molecule has 0 heterocycles.